The number of benzene rings is 10. The van der Waals surface area contributed by atoms with E-state index >= 15 is 0 Å². The van der Waals surface area contributed by atoms with Crippen molar-refractivity contribution in [2.75, 3.05) is 4.90 Å². The molecule has 0 amide bonds. The van der Waals surface area contributed by atoms with E-state index < -0.39 is 0 Å². The van der Waals surface area contributed by atoms with Crippen LogP contribution in [0.3, 0.4) is 0 Å². The van der Waals surface area contributed by atoms with Gasteiger partial charge in [0.05, 0.1) is 5.69 Å². The molecule has 272 valence electrons. The predicted molar refractivity (Wildman–Crippen MR) is 245 cm³/mol. The van der Waals surface area contributed by atoms with Crippen molar-refractivity contribution in [1.29, 1.82) is 0 Å². The standard InChI is InChI=1S/C56H37NO/c1-2-13-41(14-3-1)51-25-11-26-52-53-27-12-28-54(56(53)58-55(51)52)57(46-35-31-42(32-36-46)49-23-9-17-39-15-4-6-21-47(39)49)45-33-29-38(30-34-45)43-19-8-20-44(37-43)50-24-10-18-40-16-5-7-22-48(40)50/h1-37H. The molecule has 11 aromatic rings. The van der Waals surface area contributed by atoms with Crippen LogP contribution in [0.4, 0.5) is 17.1 Å². The highest BCUT2D eigenvalue weighted by Crippen LogP contribution is 2.45. The lowest BCUT2D eigenvalue weighted by molar-refractivity contribution is 0.670. The molecule has 58 heavy (non-hydrogen) atoms. The molecular formula is C56H37NO. The second-order valence-corrected chi connectivity index (χ2v) is 14.9. The topological polar surface area (TPSA) is 16.4 Å². The Bertz CT molecular complexity index is 3260. The summed E-state index contributed by atoms with van der Waals surface area (Å²) in [5.41, 5.74) is 14.2. The molecule has 0 N–H and O–H groups in total. The summed E-state index contributed by atoms with van der Waals surface area (Å²) in [6, 6.07) is 80.5. The lowest BCUT2D eigenvalue weighted by Crippen LogP contribution is -2.10. The summed E-state index contributed by atoms with van der Waals surface area (Å²) >= 11 is 0. The largest absolute Gasteiger partial charge is 0.453 e. The Morgan fingerprint density at radius 2 is 0.724 bits per heavy atom. The first kappa shape index (κ1) is 33.6. The number of fused-ring (bicyclic) bond motifs is 5. The molecule has 0 atom stereocenters. The van der Waals surface area contributed by atoms with Gasteiger partial charge in [0.25, 0.3) is 0 Å². The molecule has 0 unspecified atom stereocenters. The van der Waals surface area contributed by atoms with Crippen LogP contribution in [-0.2, 0) is 0 Å². The lowest BCUT2D eigenvalue weighted by Gasteiger charge is -2.26. The number of rotatable bonds is 7. The maximum absolute atomic E-state index is 6.97. The van der Waals surface area contributed by atoms with Gasteiger partial charge in [-0.1, -0.05) is 188 Å². The van der Waals surface area contributed by atoms with Gasteiger partial charge in [0.15, 0.2) is 5.58 Å². The average Bonchev–Trinajstić information content (AvgIpc) is 3.69. The molecule has 0 fully saturated rings. The number of hydrogen-bond donors (Lipinski definition) is 0. The van der Waals surface area contributed by atoms with Gasteiger partial charge in [0, 0.05) is 27.7 Å². The molecule has 1 heterocycles. The highest BCUT2D eigenvalue weighted by molar-refractivity contribution is 6.13. The average molecular weight is 740 g/mol. The molecular weight excluding hydrogens is 703 g/mol. The molecule has 0 aliphatic heterocycles. The monoisotopic (exact) mass is 739 g/mol. The van der Waals surface area contributed by atoms with E-state index in [0.717, 1.165) is 55.7 Å². The van der Waals surface area contributed by atoms with Gasteiger partial charge in [-0.3, -0.25) is 0 Å². The SMILES string of the molecule is c1ccc(-c2cccc3c2oc2c(N(c4ccc(-c5cccc(-c6cccc7ccccc67)c5)cc4)c4ccc(-c5cccc6ccccc56)cc4)cccc23)cc1. The summed E-state index contributed by atoms with van der Waals surface area (Å²) in [5.74, 6) is 0. The van der Waals surface area contributed by atoms with Crippen molar-refractivity contribution in [3.05, 3.63) is 224 Å². The van der Waals surface area contributed by atoms with Crippen molar-refractivity contribution in [2.45, 2.75) is 0 Å². The molecule has 1 aromatic heterocycles. The Balaban J connectivity index is 1.04. The van der Waals surface area contributed by atoms with Crippen LogP contribution in [0.5, 0.6) is 0 Å². The van der Waals surface area contributed by atoms with Crippen molar-refractivity contribution in [3.63, 3.8) is 0 Å². The van der Waals surface area contributed by atoms with Gasteiger partial charge in [-0.2, -0.15) is 0 Å². The van der Waals surface area contributed by atoms with Crippen LogP contribution >= 0.6 is 0 Å². The van der Waals surface area contributed by atoms with Gasteiger partial charge in [0.2, 0.25) is 0 Å². The third-order valence-electron chi connectivity index (χ3n) is 11.5. The quantitative estimate of drug-likeness (QED) is 0.162. The summed E-state index contributed by atoms with van der Waals surface area (Å²) in [7, 11) is 0. The fourth-order valence-corrected chi connectivity index (χ4v) is 8.67. The first-order valence-electron chi connectivity index (χ1n) is 19.8. The summed E-state index contributed by atoms with van der Waals surface area (Å²) in [6.07, 6.45) is 0. The van der Waals surface area contributed by atoms with Crippen molar-refractivity contribution < 1.29 is 4.42 Å². The van der Waals surface area contributed by atoms with Gasteiger partial charge in [-0.25, -0.2) is 0 Å². The number of anilines is 3. The van der Waals surface area contributed by atoms with Gasteiger partial charge in [-0.15, -0.1) is 0 Å². The number of para-hydroxylation sites is 2. The van der Waals surface area contributed by atoms with Gasteiger partial charge in [0.1, 0.15) is 5.58 Å². The van der Waals surface area contributed by atoms with E-state index in [1.807, 2.05) is 0 Å². The zero-order chi connectivity index (χ0) is 38.4. The zero-order valence-corrected chi connectivity index (χ0v) is 31.7. The minimum atomic E-state index is 0.853. The second kappa shape index (κ2) is 14.1. The fourth-order valence-electron chi connectivity index (χ4n) is 8.67. The Morgan fingerprint density at radius 3 is 1.41 bits per heavy atom. The Labute approximate surface area is 337 Å². The molecule has 0 radical (unpaired) electrons. The summed E-state index contributed by atoms with van der Waals surface area (Å²) in [4.78, 5) is 2.33. The highest BCUT2D eigenvalue weighted by atomic mass is 16.3. The molecule has 0 aliphatic rings. The third-order valence-corrected chi connectivity index (χ3v) is 11.5. The van der Waals surface area contributed by atoms with Crippen LogP contribution in [0.2, 0.25) is 0 Å². The summed E-state index contributed by atoms with van der Waals surface area (Å²) in [5, 5.41) is 7.18. The van der Waals surface area contributed by atoms with Crippen molar-refractivity contribution in [3.8, 4) is 44.5 Å². The summed E-state index contributed by atoms with van der Waals surface area (Å²) in [6.45, 7) is 0. The first-order valence-corrected chi connectivity index (χ1v) is 19.8. The Kier molecular flexibility index (Phi) is 8.19. The van der Waals surface area contributed by atoms with E-state index in [2.05, 4.69) is 229 Å². The van der Waals surface area contributed by atoms with Crippen LogP contribution in [-0.4, -0.2) is 0 Å². The maximum atomic E-state index is 6.97. The normalized spacial score (nSPS) is 11.4. The lowest BCUT2D eigenvalue weighted by atomic mass is 9.95. The van der Waals surface area contributed by atoms with Crippen LogP contribution < -0.4 is 4.90 Å². The van der Waals surface area contributed by atoms with Gasteiger partial charge < -0.3 is 9.32 Å². The third kappa shape index (κ3) is 5.82. The van der Waals surface area contributed by atoms with E-state index in [1.54, 1.807) is 0 Å². The number of nitrogens with zero attached hydrogens (tertiary/aromatic N) is 1. The minimum Gasteiger partial charge on any atom is -0.453 e. The van der Waals surface area contributed by atoms with Crippen molar-refractivity contribution in [2.24, 2.45) is 0 Å². The Hall–Kier alpha value is -7.68. The molecule has 0 saturated carbocycles. The Morgan fingerprint density at radius 1 is 0.276 bits per heavy atom. The molecule has 10 aromatic carbocycles. The number of hydrogen-bond acceptors (Lipinski definition) is 2. The van der Waals surface area contributed by atoms with Crippen LogP contribution in [0.1, 0.15) is 0 Å². The second-order valence-electron chi connectivity index (χ2n) is 14.9. The number of furan rings is 1. The maximum Gasteiger partial charge on any atom is 0.159 e. The first-order chi connectivity index (χ1) is 28.8. The fraction of sp³-hybridized carbons (Fsp3) is 0. The van der Waals surface area contributed by atoms with Crippen LogP contribution in [0.25, 0.3) is 88.0 Å². The minimum absolute atomic E-state index is 0.853. The zero-order valence-electron chi connectivity index (χ0n) is 31.7. The molecule has 0 bridgehead atoms. The molecule has 0 spiro atoms. The van der Waals surface area contributed by atoms with Gasteiger partial charge in [-0.05, 0) is 96.9 Å². The van der Waals surface area contributed by atoms with E-state index in [1.165, 1.54) is 49.4 Å². The molecule has 2 nitrogen and oxygen atoms in total. The molecule has 11 rings (SSSR count). The summed E-state index contributed by atoms with van der Waals surface area (Å²) < 4.78 is 6.97. The van der Waals surface area contributed by atoms with Crippen molar-refractivity contribution >= 4 is 60.5 Å². The van der Waals surface area contributed by atoms with Crippen LogP contribution in [0.15, 0.2) is 229 Å². The predicted octanol–water partition coefficient (Wildman–Crippen LogP) is 16.0. The van der Waals surface area contributed by atoms with E-state index in [0.29, 0.717) is 0 Å². The molecule has 0 aliphatic carbocycles. The van der Waals surface area contributed by atoms with E-state index in [4.69, 9.17) is 4.42 Å². The smallest absolute Gasteiger partial charge is 0.159 e. The van der Waals surface area contributed by atoms with Gasteiger partial charge >= 0.3 is 0 Å². The van der Waals surface area contributed by atoms with Crippen molar-refractivity contribution in [1.82, 2.24) is 0 Å². The molecule has 2 heteroatoms. The highest BCUT2D eigenvalue weighted by Gasteiger charge is 2.21. The molecule has 0 saturated heterocycles. The van der Waals surface area contributed by atoms with E-state index in [-0.39, 0.29) is 0 Å². The van der Waals surface area contributed by atoms with E-state index in [9.17, 15) is 0 Å². The van der Waals surface area contributed by atoms with Crippen LogP contribution in [0, 0.1) is 0 Å².